The molecule has 2 aliphatic heterocycles. The Bertz CT molecular complexity index is 516. The minimum atomic E-state index is -0.187. The van der Waals surface area contributed by atoms with Gasteiger partial charge in [-0.25, -0.2) is 0 Å². The molecule has 0 N–H and O–H groups in total. The van der Waals surface area contributed by atoms with Crippen LogP contribution in [0.25, 0.3) is 0 Å². The van der Waals surface area contributed by atoms with Crippen LogP contribution in [0.2, 0.25) is 5.02 Å². The lowest BCUT2D eigenvalue weighted by molar-refractivity contribution is -0.129. The molecule has 114 valence electrons. The summed E-state index contributed by atoms with van der Waals surface area (Å²) >= 11 is 5.88. The van der Waals surface area contributed by atoms with E-state index in [-0.39, 0.29) is 11.5 Å². The van der Waals surface area contributed by atoms with Gasteiger partial charge in [0.2, 0.25) is 0 Å². The molecule has 2 heterocycles. The van der Waals surface area contributed by atoms with Crippen molar-refractivity contribution in [2.24, 2.45) is 0 Å². The number of nitrogens with zero attached hydrogens (tertiary/aromatic N) is 2. The van der Waals surface area contributed by atoms with Gasteiger partial charge in [-0.2, -0.15) is 0 Å². The van der Waals surface area contributed by atoms with E-state index in [0.29, 0.717) is 17.1 Å². The molecule has 2 saturated heterocycles. The molecule has 0 bridgehead atoms. The first-order valence-corrected chi connectivity index (χ1v) is 7.83. The summed E-state index contributed by atoms with van der Waals surface area (Å²) in [5, 5.41) is 0.652. The van der Waals surface area contributed by atoms with Crippen LogP contribution in [-0.2, 0) is 4.74 Å². The van der Waals surface area contributed by atoms with E-state index >= 15 is 0 Å². The SMILES string of the molecule is CN1CCOC2(CCCN(C(=O)c3ccc(Cl)cc3)C2)C1. The molecule has 2 aliphatic rings. The highest BCUT2D eigenvalue weighted by molar-refractivity contribution is 6.30. The molecule has 1 atom stereocenters. The van der Waals surface area contributed by atoms with Gasteiger partial charge in [0.1, 0.15) is 0 Å². The molecule has 1 spiro atoms. The Hall–Kier alpha value is -1.10. The van der Waals surface area contributed by atoms with Crippen molar-refractivity contribution in [3.8, 4) is 0 Å². The Morgan fingerprint density at radius 3 is 2.71 bits per heavy atom. The van der Waals surface area contributed by atoms with Crippen LogP contribution in [0.15, 0.2) is 24.3 Å². The van der Waals surface area contributed by atoms with E-state index in [4.69, 9.17) is 16.3 Å². The fourth-order valence-corrected chi connectivity index (χ4v) is 3.45. The van der Waals surface area contributed by atoms with Gasteiger partial charge in [-0.05, 0) is 44.2 Å². The van der Waals surface area contributed by atoms with Crippen LogP contribution in [0.3, 0.4) is 0 Å². The van der Waals surface area contributed by atoms with Crippen molar-refractivity contribution >= 4 is 17.5 Å². The maximum atomic E-state index is 12.6. The Morgan fingerprint density at radius 1 is 1.24 bits per heavy atom. The molecular formula is C16H21ClN2O2. The van der Waals surface area contributed by atoms with E-state index in [9.17, 15) is 4.79 Å². The lowest BCUT2D eigenvalue weighted by Crippen LogP contribution is -2.59. The lowest BCUT2D eigenvalue weighted by Gasteiger charge is -2.47. The van der Waals surface area contributed by atoms with Gasteiger partial charge < -0.3 is 14.5 Å². The maximum Gasteiger partial charge on any atom is 0.253 e. The summed E-state index contributed by atoms with van der Waals surface area (Å²) in [6.07, 6.45) is 2.02. The topological polar surface area (TPSA) is 32.8 Å². The highest BCUT2D eigenvalue weighted by Gasteiger charge is 2.41. The van der Waals surface area contributed by atoms with Gasteiger partial charge in [0.15, 0.2) is 0 Å². The van der Waals surface area contributed by atoms with Crippen LogP contribution in [0.1, 0.15) is 23.2 Å². The Kier molecular flexibility index (Phi) is 4.20. The first kappa shape index (κ1) is 14.8. The number of ether oxygens (including phenoxy) is 1. The predicted octanol–water partition coefficient (Wildman–Crippen LogP) is 2.28. The summed E-state index contributed by atoms with van der Waals surface area (Å²) in [6, 6.07) is 7.11. The summed E-state index contributed by atoms with van der Waals surface area (Å²) in [5.41, 5.74) is 0.508. The second-order valence-electron chi connectivity index (χ2n) is 6.11. The van der Waals surface area contributed by atoms with Crippen LogP contribution in [0.4, 0.5) is 0 Å². The van der Waals surface area contributed by atoms with Gasteiger partial charge in [0, 0.05) is 30.2 Å². The largest absolute Gasteiger partial charge is 0.370 e. The van der Waals surface area contributed by atoms with Crippen LogP contribution in [-0.4, -0.2) is 61.1 Å². The molecular weight excluding hydrogens is 288 g/mol. The van der Waals surface area contributed by atoms with E-state index in [1.54, 1.807) is 24.3 Å². The van der Waals surface area contributed by atoms with Crippen molar-refractivity contribution in [2.45, 2.75) is 18.4 Å². The molecule has 2 fully saturated rings. The number of likely N-dealkylation sites (tertiary alicyclic amines) is 1. The molecule has 1 amide bonds. The zero-order chi connectivity index (χ0) is 14.9. The summed E-state index contributed by atoms with van der Waals surface area (Å²) < 4.78 is 6.06. The van der Waals surface area contributed by atoms with Crippen molar-refractivity contribution in [1.29, 1.82) is 0 Å². The number of carbonyl (C=O) groups is 1. The highest BCUT2D eigenvalue weighted by atomic mass is 35.5. The van der Waals surface area contributed by atoms with Gasteiger partial charge in [-0.3, -0.25) is 4.79 Å². The fraction of sp³-hybridized carbons (Fsp3) is 0.562. The summed E-state index contributed by atoms with van der Waals surface area (Å²) in [4.78, 5) is 16.8. The second kappa shape index (κ2) is 5.95. The van der Waals surface area contributed by atoms with Gasteiger partial charge in [-0.15, -0.1) is 0 Å². The lowest BCUT2D eigenvalue weighted by atomic mass is 9.90. The van der Waals surface area contributed by atoms with E-state index in [0.717, 1.165) is 39.1 Å². The molecule has 0 aromatic heterocycles. The number of benzene rings is 1. The van der Waals surface area contributed by atoms with Crippen molar-refractivity contribution < 1.29 is 9.53 Å². The van der Waals surface area contributed by atoms with E-state index in [2.05, 4.69) is 11.9 Å². The number of amides is 1. The van der Waals surface area contributed by atoms with Crippen molar-refractivity contribution in [3.05, 3.63) is 34.9 Å². The first-order valence-electron chi connectivity index (χ1n) is 7.45. The van der Waals surface area contributed by atoms with E-state index < -0.39 is 0 Å². The number of hydrogen-bond donors (Lipinski definition) is 0. The van der Waals surface area contributed by atoms with Gasteiger partial charge in [-0.1, -0.05) is 11.6 Å². The third kappa shape index (κ3) is 3.23. The average molecular weight is 309 g/mol. The predicted molar refractivity (Wildman–Crippen MR) is 82.8 cm³/mol. The molecule has 0 aliphatic carbocycles. The Labute approximate surface area is 130 Å². The molecule has 21 heavy (non-hydrogen) atoms. The van der Waals surface area contributed by atoms with Crippen molar-refractivity contribution in [1.82, 2.24) is 9.80 Å². The number of rotatable bonds is 1. The van der Waals surface area contributed by atoms with Crippen LogP contribution in [0.5, 0.6) is 0 Å². The molecule has 1 aromatic rings. The minimum Gasteiger partial charge on any atom is -0.370 e. The van der Waals surface area contributed by atoms with Gasteiger partial charge >= 0.3 is 0 Å². The monoisotopic (exact) mass is 308 g/mol. The van der Waals surface area contributed by atoms with Crippen LogP contribution >= 0.6 is 11.6 Å². The normalized spacial score (nSPS) is 27.0. The maximum absolute atomic E-state index is 12.6. The third-order valence-corrected chi connectivity index (χ3v) is 4.61. The number of halogens is 1. The zero-order valence-corrected chi connectivity index (χ0v) is 13.1. The highest BCUT2D eigenvalue weighted by Crippen LogP contribution is 2.29. The zero-order valence-electron chi connectivity index (χ0n) is 12.3. The molecule has 0 radical (unpaired) electrons. The Morgan fingerprint density at radius 2 is 2.00 bits per heavy atom. The second-order valence-corrected chi connectivity index (χ2v) is 6.54. The van der Waals surface area contributed by atoms with Crippen molar-refractivity contribution in [3.63, 3.8) is 0 Å². The molecule has 3 rings (SSSR count). The number of likely N-dealkylation sites (N-methyl/N-ethyl adjacent to an activating group) is 1. The summed E-state index contributed by atoms with van der Waals surface area (Å²) in [5.74, 6) is 0.0718. The van der Waals surface area contributed by atoms with Crippen molar-refractivity contribution in [2.75, 3.05) is 39.8 Å². The average Bonchev–Trinajstić information content (AvgIpc) is 2.47. The van der Waals surface area contributed by atoms with E-state index in [1.807, 2.05) is 4.90 Å². The fourth-order valence-electron chi connectivity index (χ4n) is 3.33. The number of piperidine rings is 1. The van der Waals surface area contributed by atoms with Crippen LogP contribution < -0.4 is 0 Å². The molecule has 1 aromatic carbocycles. The molecule has 4 nitrogen and oxygen atoms in total. The quantitative estimate of drug-likeness (QED) is 0.798. The number of carbonyl (C=O) groups excluding carboxylic acids is 1. The number of hydrogen-bond acceptors (Lipinski definition) is 3. The van der Waals surface area contributed by atoms with Gasteiger partial charge in [0.25, 0.3) is 5.91 Å². The number of morpholine rings is 1. The first-order chi connectivity index (χ1) is 10.1. The Balaban J connectivity index is 1.73. The van der Waals surface area contributed by atoms with E-state index in [1.165, 1.54) is 0 Å². The van der Waals surface area contributed by atoms with Gasteiger partial charge in [0.05, 0.1) is 18.8 Å². The smallest absolute Gasteiger partial charge is 0.253 e. The standard InChI is InChI=1S/C16H21ClN2O2/c1-18-9-10-21-16(11-18)7-2-8-19(12-16)15(20)13-3-5-14(17)6-4-13/h3-6H,2,7-12H2,1H3. The molecule has 0 saturated carbocycles. The van der Waals surface area contributed by atoms with Crippen LogP contribution in [0, 0.1) is 0 Å². The minimum absolute atomic E-state index is 0.0718. The summed E-state index contributed by atoms with van der Waals surface area (Å²) in [6.45, 7) is 4.10. The molecule has 1 unspecified atom stereocenters. The molecule has 5 heteroatoms. The summed E-state index contributed by atoms with van der Waals surface area (Å²) in [7, 11) is 2.12. The third-order valence-electron chi connectivity index (χ3n) is 4.36.